The summed E-state index contributed by atoms with van der Waals surface area (Å²) in [4.78, 5) is 16.8. The van der Waals surface area contributed by atoms with E-state index in [4.69, 9.17) is 0 Å². The van der Waals surface area contributed by atoms with E-state index in [0.29, 0.717) is 0 Å². The van der Waals surface area contributed by atoms with Crippen LogP contribution >= 0.6 is 11.3 Å². The number of carbonyl (C=O) groups excluding carboxylic acids is 1. The van der Waals surface area contributed by atoms with Gasteiger partial charge in [0.25, 0.3) is 0 Å². The first kappa shape index (κ1) is 8.84. The van der Waals surface area contributed by atoms with Crippen LogP contribution in [0.15, 0.2) is 6.20 Å². The standard InChI is InChI=1S/C9H12N2OS/c1-6-11-3-7(13-6)8(12)9(2)4-10-5-9/h3,10H,4-5H2,1-2H3. The van der Waals surface area contributed by atoms with Crippen LogP contribution in [-0.4, -0.2) is 23.9 Å². The number of hydrogen-bond donors (Lipinski definition) is 1. The van der Waals surface area contributed by atoms with Gasteiger partial charge < -0.3 is 5.32 Å². The number of ketones is 1. The third kappa shape index (κ3) is 1.40. The first-order chi connectivity index (χ1) is 6.12. The normalized spacial score (nSPS) is 19.5. The van der Waals surface area contributed by atoms with Crippen LogP contribution in [0.5, 0.6) is 0 Å². The Labute approximate surface area is 81.2 Å². The van der Waals surface area contributed by atoms with Gasteiger partial charge in [0.05, 0.1) is 15.3 Å². The minimum Gasteiger partial charge on any atom is -0.315 e. The summed E-state index contributed by atoms with van der Waals surface area (Å²) < 4.78 is 0. The fourth-order valence-corrected chi connectivity index (χ4v) is 2.29. The number of thiazole rings is 1. The van der Waals surface area contributed by atoms with E-state index in [0.717, 1.165) is 23.0 Å². The summed E-state index contributed by atoms with van der Waals surface area (Å²) in [7, 11) is 0. The number of hydrogen-bond acceptors (Lipinski definition) is 4. The molecule has 2 heterocycles. The highest BCUT2D eigenvalue weighted by Gasteiger charge is 2.40. The van der Waals surface area contributed by atoms with Crippen molar-refractivity contribution in [2.45, 2.75) is 13.8 Å². The summed E-state index contributed by atoms with van der Waals surface area (Å²) in [6.45, 7) is 5.51. The van der Waals surface area contributed by atoms with Gasteiger partial charge in [0.15, 0.2) is 5.78 Å². The maximum Gasteiger partial charge on any atom is 0.182 e. The van der Waals surface area contributed by atoms with Crippen LogP contribution in [0.3, 0.4) is 0 Å². The predicted molar refractivity (Wildman–Crippen MR) is 52.2 cm³/mol. The Morgan fingerprint density at radius 3 is 2.77 bits per heavy atom. The van der Waals surface area contributed by atoms with E-state index in [-0.39, 0.29) is 11.2 Å². The number of aromatic nitrogens is 1. The molecule has 0 atom stereocenters. The van der Waals surface area contributed by atoms with E-state index in [9.17, 15) is 4.79 Å². The topological polar surface area (TPSA) is 42.0 Å². The molecule has 1 aromatic heterocycles. The fraction of sp³-hybridized carbons (Fsp3) is 0.556. The highest BCUT2D eigenvalue weighted by atomic mass is 32.1. The van der Waals surface area contributed by atoms with Crippen LogP contribution in [-0.2, 0) is 0 Å². The minimum absolute atomic E-state index is 0.182. The van der Waals surface area contributed by atoms with Gasteiger partial charge in [0, 0.05) is 19.3 Å². The van der Waals surface area contributed by atoms with Gasteiger partial charge in [-0.05, 0) is 13.8 Å². The third-order valence-corrected chi connectivity index (χ3v) is 3.34. The van der Waals surface area contributed by atoms with Gasteiger partial charge in [0.2, 0.25) is 0 Å². The lowest BCUT2D eigenvalue weighted by Crippen LogP contribution is -2.55. The van der Waals surface area contributed by atoms with Crippen molar-refractivity contribution in [1.82, 2.24) is 10.3 Å². The zero-order valence-electron chi connectivity index (χ0n) is 7.76. The van der Waals surface area contributed by atoms with E-state index in [1.54, 1.807) is 6.20 Å². The molecule has 0 amide bonds. The minimum atomic E-state index is -0.182. The molecule has 1 fully saturated rings. The zero-order valence-corrected chi connectivity index (χ0v) is 8.57. The molecular weight excluding hydrogens is 184 g/mol. The van der Waals surface area contributed by atoms with Crippen LogP contribution in [0.1, 0.15) is 21.6 Å². The van der Waals surface area contributed by atoms with E-state index >= 15 is 0 Å². The largest absolute Gasteiger partial charge is 0.315 e. The smallest absolute Gasteiger partial charge is 0.182 e. The van der Waals surface area contributed by atoms with Gasteiger partial charge in [-0.3, -0.25) is 4.79 Å². The van der Waals surface area contributed by atoms with E-state index in [1.807, 2.05) is 13.8 Å². The highest BCUT2D eigenvalue weighted by Crippen LogP contribution is 2.28. The first-order valence-corrected chi connectivity index (χ1v) is 5.11. The lowest BCUT2D eigenvalue weighted by molar-refractivity contribution is 0.0726. The number of nitrogens with zero attached hydrogens (tertiary/aromatic N) is 1. The molecule has 1 aliphatic rings. The number of Topliss-reactive ketones (excluding diaryl/α,β-unsaturated/α-hetero) is 1. The Balaban J connectivity index is 2.22. The summed E-state index contributed by atoms with van der Waals surface area (Å²) in [5, 5.41) is 4.08. The molecule has 13 heavy (non-hydrogen) atoms. The van der Waals surface area contributed by atoms with Gasteiger partial charge in [-0.15, -0.1) is 11.3 Å². The highest BCUT2D eigenvalue weighted by molar-refractivity contribution is 7.13. The van der Waals surface area contributed by atoms with Crippen molar-refractivity contribution in [3.63, 3.8) is 0 Å². The number of carbonyl (C=O) groups is 1. The average Bonchev–Trinajstić information content (AvgIpc) is 2.46. The second-order valence-corrected chi connectivity index (χ2v) is 4.97. The van der Waals surface area contributed by atoms with Gasteiger partial charge >= 0.3 is 0 Å². The summed E-state index contributed by atoms with van der Waals surface area (Å²) >= 11 is 1.48. The Hall–Kier alpha value is -0.740. The third-order valence-electron chi connectivity index (χ3n) is 2.42. The molecule has 4 heteroatoms. The van der Waals surface area contributed by atoms with E-state index in [2.05, 4.69) is 10.3 Å². The first-order valence-electron chi connectivity index (χ1n) is 4.30. The molecule has 0 aromatic carbocycles. The Morgan fingerprint density at radius 1 is 1.69 bits per heavy atom. The van der Waals surface area contributed by atoms with Gasteiger partial charge in [0.1, 0.15) is 0 Å². The molecule has 1 N–H and O–H groups in total. The summed E-state index contributed by atoms with van der Waals surface area (Å²) in [6.07, 6.45) is 1.69. The molecule has 0 spiro atoms. The Kier molecular flexibility index (Phi) is 1.96. The molecular formula is C9H12N2OS. The van der Waals surface area contributed by atoms with Gasteiger partial charge in [-0.1, -0.05) is 0 Å². The second-order valence-electron chi connectivity index (χ2n) is 3.74. The van der Waals surface area contributed by atoms with E-state index in [1.165, 1.54) is 11.3 Å². The average molecular weight is 196 g/mol. The van der Waals surface area contributed by atoms with Crippen LogP contribution in [0, 0.1) is 12.3 Å². The van der Waals surface area contributed by atoms with Crippen molar-refractivity contribution in [2.24, 2.45) is 5.41 Å². The maximum atomic E-state index is 11.9. The molecule has 1 saturated heterocycles. The van der Waals surface area contributed by atoms with Crippen molar-refractivity contribution in [3.8, 4) is 0 Å². The SMILES string of the molecule is Cc1ncc(C(=O)C2(C)CNC2)s1. The summed E-state index contributed by atoms with van der Waals surface area (Å²) in [5.41, 5.74) is -0.182. The van der Waals surface area contributed by atoms with Crippen molar-refractivity contribution in [3.05, 3.63) is 16.1 Å². The number of nitrogens with one attached hydrogen (secondary N) is 1. The van der Waals surface area contributed by atoms with Crippen molar-refractivity contribution < 1.29 is 4.79 Å². The van der Waals surface area contributed by atoms with Crippen LogP contribution in [0.4, 0.5) is 0 Å². The predicted octanol–water partition coefficient (Wildman–Crippen LogP) is 1.24. The number of aryl methyl sites for hydroxylation is 1. The van der Waals surface area contributed by atoms with Crippen LogP contribution in [0.2, 0.25) is 0 Å². The monoisotopic (exact) mass is 196 g/mol. The molecule has 1 aromatic rings. The lowest BCUT2D eigenvalue weighted by atomic mass is 9.79. The maximum absolute atomic E-state index is 11.9. The lowest BCUT2D eigenvalue weighted by Gasteiger charge is -2.37. The summed E-state index contributed by atoms with van der Waals surface area (Å²) in [6, 6.07) is 0. The Morgan fingerprint density at radius 2 is 2.38 bits per heavy atom. The molecule has 2 rings (SSSR count). The molecule has 3 nitrogen and oxygen atoms in total. The fourth-order valence-electron chi connectivity index (χ4n) is 1.42. The van der Waals surface area contributed by atoms with E-state index < -0.39 is 0 Å². The van der Waals surface area contributed by atoms with Gasteiger partial charge in [-0.2, -0.15) is 0 Å². The quantitative estimate of drug-likeness (QED) is 0.724. The van der Waals surface area contributed by atoms with Crippen molar-refractivity contribution in [2.75, 3.05) is 13.1 Å². The number of rotatable bonds is 2. The molecule has 1 aliphatic heterocycles. The molecule has 70 valence electrons. The van der Waals surface area contributed by atoms with Gasteiger partial charge in [-0.25, -0.2) is 4.98 Å². The Bertz CT molecular complexity index is 341. The molecule has 0 bridgehead atoms. The zero-order chi connectivity index (χ0) is 9.47. The molecule has 0 radical (unpaired) electrons. The van der Waals surface area contributed by atoms with Crippen molar-refractivity contribution >= 4 is 17.1 Å². The van der Waals surface area contributed by atoms with Crippen LogP contribution < -0.4 is 5.32 Å². The summed E-state index contributed by atoms with van der Waals surface area (Å²) in [5.74, 6) is 0.233. The molecule has 0 saturated carbocycles. The van der Waals surface area contributed by atoms with Crippen LogP contribution in [0.25, 0.3) is 0 Å². The molecule has 0 aliphatic carbocycles. The van der Waals surface area contributed by atoms with Crippen molar-refractivity contribution in [1.29, 1.82) is 0 Å². The second kappa shape index (κ2) is 2.89. The molecule has 0 unspecified atom stereocenters.